The van der Waals surface area contributed by atoms with Crippen LogP contribution in [-0.2, 0) is 11.4 Å². The monoisotopic (exact) mass is 603 g/mol. The number of aromatic nitrogens is 3. The van der Waals surface area contributed by atoms with Crippen molar-refractivity contribution < 1.29 is 9.53 Å². The third kappa shape index (κ3) is 6.37. The van der Waals surface area contributed by atoms with E-state index in [1.807, 2.05) is 91.3 Å². The van der Waals surface area contributed by atoms with Gasteiger partial charge >= 0.3 is 0 Å². The summed E-state index contributed by atoms with van der Waals surface area (Å²) < 4.78 is 8.86. The number of allylic oxidation sites excluding steroid dienone is 1. The normalized spacial score (nSPS) is 14.5. The summed E-state index contributed by atoms with van der Waals surface area (Å²) in [6.45, 7) is 6.50. The number of benzene rings is 3. The van der Waals surface area contributed by atoms with Gasteiger partial charge in [-0.25, -0.2) is 4.68 Å². The summed E-state index contributed by atoms with van der Waals surface area (Å²) in [5.74, 6) is 2.11. The summed E-state index contributed by atoms with van der Waals surface area (Å²) in [7, 11) is 0. The number of carbonyl (C=O) groups is 1. The molecule has 0 aliphatic carbocycles. The van der Waals surface area contributed by atoms with Crippen LogP contribution in [0.1, 0.15) is 43.0 Å². The van der Waals surface area contributed by atoms with Crippen molar-refractivity contribution in [2.24, 2.45) is 0 Å². The number of anilines is 2. The number of rotatable bonds is 9. The van der Waals surface area contributed by atoms with Crippen LogP contribution < -0.4 is 15.4 Å². The summed E-state index contributed by atoms with van der Waals surface area (Å²) >= 11 is 5.11. The molecular formula is C30H30BrN5O2S. The summed E-state index contributed by atoms with van der Waals surface area (Å²) in [5, 5.41) is 11.9. The fraction of sp³-hybridized carbons (Fsp3) is 0.233. The minimum absolute atomic E-state index is 0.186. The van der Waals surface area contributed by atoms with Gasteiger partial charge in [-0.1, -0.05) is 71.0 Å². The van der Waals surface area contributed by atoms with Gasteiger partial charge in [-0.2, -0.15) is 4.98 Å². The van der Waals surface area contributed by atoms with E-state index in [2.05, 4.69) is 33.5 Å². The number of aryl methyl sites for hydroxylation is 1. The molecule has 0 bridgehead atoms. The van der Waals surface area contributed by atoms with E-state index in [1.54, 1.807) is 11.8 Å². The van der Waals surface area contributed by atoms with Crippen LogP contribution in [0, 0.1) is 6.92 Å². The molecule has 1 atom stereocenters. The number of carbonyl (C=O) groups excluding carboxylic acids is 1. The SMILES string of the molecule is CCCSc1nc2n(n1)C(c1ccc(OCc3cccc(Br)c3)cc1)C(C(=O)Nc1cccc(C)c1)=C(C)N2. The number of ether oxygens (including phenoxy) is 1. The first-order valence-electron chi connectivity index (χ1n) is 12.8. The maximum Gasteiger partial charge on any atom is 0.255 e. The highest BCUT2D eigenvalue weighted by atomic mass is 79.9. The molecule has 7 nitrogen and oxygen atoms in total. The molecule has 4 aromatic rings. The van der Waals surface area contributed by atoms with E-state index in [9.17, 15) is 4.79 Å². The highest BCUT2D eigenvalue weighted by Crippen LogP contribution is 2.37. The second-order valence-electron chi connectivity index (χ2n) is 9.39. The van der Waals surface area contributed by atoms with E-state index in [-0.39, 0.29) is 5.91 Å². The standard InChI is InChI=1S/C30H30BrN5O2S/c1-4-15-39-30-34-29-32-20(3)26(28(37)33-24-10-5-7-19(2)16-24)27(36(29)35-30)22-11-13-25(14-12-22)38-18-21-8-6-9-23(31)17-21/h5-14,16-17,27H,4,15,18H2,1-3H3,(H,33,37)(H,32,34,35). The van der Waals surface area contributed by atoms with Gasteiger partial charge in [-0.05, 0) is 73.4 Å². The first kappa shape index (κ1) is 27.0. The zero-order chi connectivity index (χ0) is 27.4. The largest absolute Gasteiger partial charge is 0.489 e. The highest BCUT2D eigenvalue weighted by molar-refractivity contribution is 9.10. The molecule has 0 radical (unpaired) electrons. The number of hydrogen-bond donors (Lipinski definition) is 2. The first-order chi connectivity index (χ1) is 18.9. The van der Waals surface area contributed by atoms with Crippen LogP contribution in [0.5, 0.6) is 5.75 Å². The van der Waals surface area contributed by atoms with Gasteiger partial charge in [0.1, 0.15) is 18.4 Å². The highest BCUT2D eigenvalue weighted by Gasteiger charge is 2.34. The van der Waals surface area contributed by atoms with E-state index >= 15 is 0 Å². The first-order valence-corrected chi connectivity index (χ1v) is 14.6. The Balaban J connectivity index is 1.45. The van der Waals surface area contributed by atoms with Gasteiger partial charge in [0, 0.05) is 21.6 Å². The third-order valence-corrected chi connectivity index (χ3v) is 7.82. The summed E-state index contributed by atoms with van der Waals surface area (Å²) in [6, 6.07) is 23.2. The molecule has 2 N–H and O–H groups in total. The van der Waals surface area contributed by atoms with Crippen LogP contribution in [-0.4, -0.2) is 26.4 Å². The number of halogens is 1. The zero-order valence-corrected chi connectivity index (χ0v) is 24.5. The van der Waals surface area contributed by atoms with E-state index < -0.39 is 6.04 Å². The number of thioether (sulfide) groups is 1. The van der Waals surface area contributed by atoms with Crippen LogP contribution in [0.3, 0.4) is 0 Å². The second kappa shape index (κ2) is 12.1. The van der Waals surface area contributed by atoms with Gasteiger partial charge in [0.2, 0.25) is 11.1 Å². The molecule has 39 heavy (non-hydrogen) atoms. The average molecular weight is 605 g/mol. The Labute approximate surface area is 241 Å². The molecule has 0 spiro atoms. The lowest BCUT2D eigenvalue weighted by molar-refractivity contribution is -0.113. The van der Waals surface area contributed by atoms with Crippen molar-refractivity contribution in [1.82, 2.24) is 14.8 Å². The molecule has 0 fully saturated rings. The van der Waals surface area contributed by atoms with Gasteiger partial charge < -0.3 is 15.4 Å². The molecule has 200 valence electrons. The van der Waals surface area contributed by atoms with Crippen molar-refractivity contribution in [2.75, 3.05) is 16.4 Å². The molecule has 5 rings (SSSR count). The van der Waals surface area contributed by atoms with Crippen LogP contribution >= 0.6 is 27.7 Å². The molecule has 0 saturated carbocycles. The minimum Gasteiger partial charge on any atom is -0.489 e. The van der Waals surface area contributed by atoms with Crippen LogP contribution in [0.4, 0.5) is 11.6 Å². The van der Waals surface area contributed by atoms with Gasteiger partial charge in [0.05, 0.1) is 5.57 Å². The lowest BCUT2D eigenvalue weighted by Gasteiger charge is -2.28. The number of amides is 1. The number of nitrogens with one attached hydrogen (secondary N) is 2. The lowest BCUT2D eigenvalue weighted by Crippen LogP contribution is -2.31. The molecular weight excluding hydrogens is 574 g/mol. The molecule has 1 unspecified atom stereocenters. The van der Waals surface area contributed by atoms with Crippen molar-refractivity contribution in [3.05, 3.63) is 105 Å². The molecule has 3 aromatic carbocycles. The van der Waals surface area contributed by atoms with E-state index in [0.29, 0.717) is 23.3 Å². The van der Waals surface area contributed by atoms with Gasteiger partial charge in [-0.3, -0.25) is 4.79 Å². The van der Waals surface area contributed by atoms with Crippen LogP contribution in [0.15, 0.2) is 93.7 Å². The quantitative estimate of drug-likeness (QED) is 0.195. The zero-order valence-electron chi connectivity index (χ0n) is 22.1. The molecule has 1 aliphatic heterocycles. The number of hydrogen-bond acceptors (Lipinski definition) is 6. The lowest BCUT2D eigenvalue weighted by atomic mass is 9.95. The average Bonchev–Trinajstić information content (AvgIpc) is 3.32. The Morgan fingerprint density at radius 1 is 1.10 bits per heavy atom. The predicted molar refractivity (Wildman–Crippen MR) is 160 cm³/mol. The minimum atomic E-state index is -0.450. The summed E-state index contributed by atoms with van der Waals surface area (Å²) in [5.41, 5.74) is 5.14. The molecule has 2 heterocycles. The number of fused-ring (bicyclic) bond motifs is 1. The Morgan fingerprint density at radius 2 is 1.90 bits per heavy atom. The van der Waals surface area contributed by atoms with E-state index in [0.717, 1.165) is 50.5 Å². The predicted octanol–water partition coefficient (Wildman–Crippen LogP) is 7.36. The van der Waals surface area contributed by atoms with E-state index in [1.165, 1.54) is 0 Å². The van der Waals surface area contributed by atoms with E-state index in [4.69, 9.17) is 14.8 Å². The Morgan fingerprint density at radius 3 is 2.64 bits per heavy atom. The molecule has 1 aliphatic rings. The maximum absolute atomic E-state index is 13.7. The van der Waals surface area contributed by atoms with Crippen LogP contribution in [0.2, 0.25) is 0 Å². The van der Waals surface area contributed by atoms with Crippen molar-refractivity contribution in [3.8, 4) is 5.75 Å². The molecule has 1 aromatic heterocycles. The number of nitrogens with zero attached hydrogens (tertiary/aromatic N) is 3. The Bertz CT molecular complexity index is 1520. The van der Waals surface area contributed by atoms with Crippen molar-refractivity contribution in [1.29, 1.82) is 0 Å². The van der Waals surface area contributed by atoms with Gasteiger partial charge in [0.25, 0.3) is 5.91 Å². The molecule has 1 amide bonds. The fourth-order valence-electron chi connectivity index (χ4n) is 4.45. The summed E-state index contributed by atoms with van der Waals surface area (Å²) in [6.07, 6.45) is 1.02. The van der Waals surface area contributed by atoms with Crippen molar-refractivity contribution in [2.45, 2.75) is 45.0 Å². The van der Waals surface area contributed by atoms with Crippen molar-refractivity contribution in [3.63, 3.8) is 0 Å². The van der Waals surface area contributed by atoms with Gasteiger partial charge in [0.15, 0.2) is 0 Å². The second-order valence-corrected chi connectivity index (χ2v) is 11.4. The topological polar surface area (TPSA) is 81.1 Å². The smallest absolute Gasteiger partial charge is 0.255 e. The van der Waals surface area contributed by atoms with Crippen molar-refractivity contribution >= 4 is 45.2 Å². The third-order valence-electron chi connectivity index (χ3n) is 6.28. The maximum atomic E-state index is 13.7. The molecule has 0 saturated heterocycles. The summed E-state index contributed by atoms with van der Waals surface area (Å²) in [4.78, 5) is 18.4. The van der Waals surface area contributed by atoms with Gasteiger partial charge in [-0.15, -0.1) is 5.10 Å². The van der Waals surface area contributed by atoms with Crippen LogP contribution in [0.25, 0.3) is 0 Å². The Kier molecular flexibility index (Phi) is 8.38. The molecule has 9 heteroatoms. The fourth-order valence-corrected chi connectivity index (χ4v) is 5.58. The Hall–Kier alpha value is -3.56.